The number of piperidine rings is 1. The molecule has 1 heterocycles. The van der Waals surface area contributed by atoms with Crippen molar-refractivity contribution in [2.45, 2.75) is 64.8 Å². The molecule has 1 fully saturated rings. The van der Waals surface area contributed by atoms with Crippen LogP contribution in [0.3, 0.4) is 0 Å². The van der Waals surface area contributed by atoms with Gasteiger partial charge in [-0.1, -0.05) is 13.3 Å². The van der Waals surface area contributed by atoms with E-state index in [1.807, 2.05) is 6.92 Å². The standard InChI is InChI=1S/C16H32N2O2/c1-4-14-9-8-12-18(13-14)11-7-6-10-16(3,17)15(19)20-5-2/h14H,4-13,17H2,1-3H3. The molecule has 0 spiro atoms. The van der Waals surface area contributed by atoms with E-state index >= 15 is 0 Å². The summed E-state index contributed by atoms with van der Waals surface area (Å²) in [5.74, 6) is 0.604. The third-order valence-corrected chi connectivity index (χ3v) is 4.34. The summed E-state index contributed by atoms with van der Waals surface area (Å²) < 4.78 is 5.01. The predicted octanol–water partition coefficient (Wildman–Crippen LogP) is 2.56. The van der Waals surface area contributed by atoms with E-state index < -0.39 is 5.54 Å². The van der Waals surface area contributed by atoms with Gasteiger partial charge in [-0.25, -0.2) is 0 Å². The second-order valence-electron chi connectivity index (χ2n) is 6.31. The number of hydrogen-bond donors (Lipinski definition) is 1. The van der Waals surface area contributed by atoms with Crippen molar-refractivity contribution in [1.82, 2.24) is 4.90 Å². The average Bonchev–Trinajstić information content (AvgIpc) is 2.44. The molecular weight excluding hydrogens is 252 g/mol. The van der Waals surface area contributed by atoms with Gasteiger partial charge in [0.15, 0.2) is 0 Å². The molecule has 4 heteroatoms. The Morgan fingerprint density at radius 2 is 2.15 bits per heavy atom. The number of nitrogens with two attached hydrogens (primary N) is 1. The molecule has 0 saturated carbocycles. The van der Waals surface area contributed by atoms with Crippen LogP contribution in [0.5, 0.6) is 0 Å². The third kappa shape index (κ3) is 5.80. The molecule has 0 amide bonds. The number of unbranched alkanes of at least 4 members (excludes halogenated alkanes) is 1. The Bertz CT molecular complexity index is 292. The Hall–Kier alpha value is -0.610. The fourth-order valence-electron chi connectivity index (χ4n) is 2.91. The number of nitrogens with zero attached hydrogens (tertiary/aromatic N) is 1. The Kier molecular flexibility index (Phi) is 7.52. The molecular formula is C16H32N2O2. The topological polar surface area (TPSA) is 55.6 Å². The molecule has 118 valence electrons. The van der Waals surface area contributed by atoms with Gasteiger partial charge in [0.05, 0.1) is 6.61 Å². The first kappa shape index (κ1) is 17.4. The second-order valence-corrected chi connectivity index (χ2v) is 6.31. The van der Waals surface area contributed by atoms with Crippen LogP contribution >= 0.6 is 0 Å². The van der Waals surface area contributed by atoms with Gasteiger partial charge >= 0.3 is 5.97 Å². The molecule has 0 bridgehead atoms. The highest BCUT2D eigenvalue weighted by atomic mass is 16.5. The molecule has 1 saturated heterocycles. The monoisotopic (exact) mass is 284 g/mol. The van der Waals surface area contributed by atoms with E-state index in [4.69, 9.17) is 10.5 Å². The van der Waals surface area contributed by atoms with Crippen LogP contribution in [0.2, 0.25) is 0 Å². The highest BCUT2D eigenvalue weighted by Crippen LogP contribution is 2.20. The van der Waals surface area contributed by atoms with E-state index in [2.05, 4.69) is 11.8 Å². The number of likely N-dealkylation sites (tertiary alicyclic amines) is 1. The zero-order valence-corrected chi connectivity index (χ0v) is 13.5. The zero-order chi connectivity index (χ0) is 15.0. The molecule has 4 nitrogen and oxygen atoms in total. The maximum Gasteiger partial charge on any atom is 0.325 e. The van der Waals surface area contributed by atoms with Crippen molar-refractivity contribution < 1.29 is 9.53 Å². The van der Waals surface area contributed by atoms with Crippen LogP contribution in [0, 0.1) is 5.92 Å². The summed E-state index contributed by atoms with van der Waals surface area (Å²) in [6.07, 6.45) is 6.81. The van der Waals surface area contributed by atoms with Crippen LogP contribution in [0.4, 0.5) is 0 Å². The number of rotatable bonds is 8. The zero-order valence-electron chi connectivity index (χ0n) is 13.5. The van der Waals surface area contributed by atoms with Gasteiger partial charge in [0.25, 0.3) is 0 Å². The lowest BCUT2D eigenvalue weighted by molar-refractivity contribution is -0.149. The second kappa shape index (κ2) is 8.63. The largest absolute Gasteiger partial charge is 0.465 e. The van der Waals surface area contributed by atoms with E-state index in [-0.39, 0.29) is 5.97 Å². The Morgan fingerprint density at radius 1 is 1.40 bits per heavy atom. The van der Waals surface area contributed by atoms with E-state index in [0.717, 1.165) is 25.3 Å². The Labute approximate surface area is 124 Å². The molecule has 2 N–H and O–H groups in total. The van der Waals surface area contributed by atoms with Crippen molar-refractivity contribution in [1.29, 1.82) is 0 Å². The smallest absolute Gasteiger partial charge is 0.325 e. The number of carbonyl (C=O) groups excluding carboxylic acids is 1. The van der Waals surface area contributed by atoms with Crippen molar-refractivity contribution in [2.75, 3.05) is 26.2 Å². The van der Waals surface area contributed by atoms with Gasteiger partial charge in [0.1, 0.15) is 5.54 Å². The van der Waals surface area contributed by atoms with Crippen molar-refractivity contribution in [3.05, 3.63) is 0 Å². The minimum Gasteiger partial charge on any atom is -0.465 e. The highest BCUT2D eigenvalue weighted by Gasteiger charge is 2.29. The normalized spacial score (nSPS) is 23.3. The number of hydrogen-bond acceptors (Lipinski definition) is 4. The molecule has 0 aromatic rings. The van der Waals surface area contributed by atoms with Crippen LogP contribution in [0.1, 0.15) is 59.3 Å². The molecule has 0 aromatic carbocycles. The van der Waals surface area contributed by atoms with E-state index in [0.29, 0.717) is 13.0 Å². The quantitative estimate of drug-likeness (QED) is 0.550. The minimum absolute atomic E-state index is 0.274. The summed E-state index contributed by atoms with van der Waals surface area (Å²) in [6, 6.07) is 0. The highest BCUT2D eigenvalue weighted by molar-refractivity contribution is 5.79. The fourth-order valence-corrected chi connectivity index (χ4v) is 2.91. The summed E-state index contributed by atoms with van der Waals surface area (Å²) in [6.45, 7) is 9.89. The van der Waals surface area contributed by atoms with Crippen molar-refractivity contribution in [3.8, 4) is 0 Å². The van der Waals surface area contributed by atoms with Gasteiger partial charge in [-0.3, -0.25) is 4.79 Å². The van der Waals surface area contributed by atoms with E-state index in [9.17, 15) is 4.79 Å². The first-order valence-corrected chi connectivity index (χ1v) is 8.18. The first-order chi connectivity index (χ1) is 9.49. The Morgan fingerprint density at radius 3 is 2.80 bits per heavy atom. The molecule has 2 unspecified atom stereocenters. The molecule has 1 aliphatic rings. The lowest BCUT2D eigenvalue weighted by Crippen LogP contribution is -2.46. The SMILES string of the molecule is CCOC(=O)C(C)(N)CCCCN1CCCC(CC)C1. The van der Waals surface area contributed by atoms with Crippen molar-refractivity contribution >= 4 is 5.97 Å². The summed E-state index contributed by atoms with van der Waals surface area (Å²) in [7, 11) is 0. The maximum absolute atomic E-state index is 11.7. The summed E-state index contributed by atoms with van der Waals surface area (Å²) in [5.41, 5.74) is 5.19. The van der Waals surface area contributed by atoms with Crippen LogP contribution in [-0.4, -0.2) is 42.6 Å². The van der Waals surface area contributed by atoms with Crippen LogP contribution in [-0.2, 0) is 9.53 Å². The summed E-state index contributed by atoms with van der Waals surface area (Å²) >= 11 is 0. The molecule has 2 atom stereocenters. The fraction of sp³-hybridized carbons (Fsp3) is 0.938. The molecule has 0 aromatic heterocycles. The van der Waals surface area contributed by atoms with Crippen LogP contribution in [0.25, 0.3) is 0 Å². The third-order valence-electron chi connectivity index (χ3n) is 4.34. The first-order valence-electron chi connectivity index (χ1n) is 8.18. The van der Waals surface area contributed by atoms with Gasteiger partial charge < -0.3 is 15.4 Å². The minimum atomic E-state index is -0.830. The Balaban J connectivity index is 2.19. The molecule has 1 aliphatic heterocycles. The van der Waals surface area contributed by atoms with E-state index in [1.165, 1.54) is 32.4 Å². The summed E-state index contributed by atoms with van der Waals surface area (Å²) in [4.78, 5) is 14.3. The molecule has 0 aliphatic carbocycles. The maximum atomic E-state index is 11.7. The van der Waals surface area contributed by atoms with Crippen molar-refractivity contribution in [2.24, 2.45) is 11.7 Å². The van der Waals surface area contributed by atoms with Crippen LogP contribution in [0.15, 0.2) is 0 Å². The van der Waals surface area contributed by atoms with Gasteiger partial charge in [-0.15, -0.1) is 0 Å². The molecule has 1 rings (SSSR count). The number of ether oxygens (including phenoxy) is 1. The molecule has 0 radical (unpaired) electrons. The number of carbonyl (C=O) groups is 1. The number of esters is 1. The lowest BCUT2D eigenvalue weighted by Gasteiger charge is -2.32. The van der Waals surface area contributed by atoms with E-state index in [1.54, 1.807) is 6.92 Å². The lowest BCUT2D eigenvalue weighted by atomic mass is 9.94. The predicted molar refractivity (Wildman–Crippen MR) is 82.5 cm³/mol. The van der Waals surface area contributed by atoms with Gasteiger partial charge in [0.2, 0.25) is 0 Å². The van der Waals surface area contributed by atoms with Gasteiger partial charge in [-0.05, 0) is 65.0 Å². The molecule has 20 heavy (non-hydrogen) atoms. The van der Waals surface area contributed by atoms with Crippen molar-refractivity contribution in [3.63, 3.8) is 0 Å². The van der Waals surface area contributed by atoms with Gasteiger partial charge in [-0.2, -0.15) is 0 Å². The average molecular weight is 284 g/mol. The van der Waals surface area contributed by atoms with Gasteiger partial charge in [0, 0.05) is 6.54 Å². The summed E-state index contributed by atoms with van der Waals surface area (Å²) in [5, 5.41) is 0. The van der Waals surface area contributed by atoms with Crippen LogP contribution < -0.4 is 5.73 Å².